The van der Waals surface area contributed by atoms with Crippen LogP contribution in [0.4, 0.5) is 17.6 Å². The van der Waals surface area contributed by atoms with E-state index >= 15 is 0 Å². The van der Waals surface area contributed by atoms with Gasteiger partial charge in [0.2, 0.25) is 0 Å². The van der Waals surface area contributed by atoms with Crippen molar-refractivity contribution < 1.29 is 22.3 Å². The number of rotatable bonds is 6. The Morgan fingerprint density at radius 2 is 1.62 bits per heavy atom. The quantitative estimate of drug-likeness (QED) is 0.196. The Labute approximate surface area is 228 Å². The second kappa shape index (κ2) is 10.0. The molecule has 3 nitrogen and oxygen atoms in total. The van der Waals surface area contributed by atoms with E-state index < -0.39 is 23.2 Å². The summed E-state index contributed by atoms with van der Waals surface area (Å²) in [6, 6.07) is 23.3. The van der Waals surface area contributed by atoms with Gasteiger partial charge in [-0.3, -0.25) is 4.68 Å². The van der Waals surface area contributed by atoms with E-state index in [4.69, 9.17) is 16.3 Å². The average Bonchev–Trinajstić information content (AvgIpc) is 3.23. The summed E-state index contributed by atoms with van der Waals surface area (Å²) in [5.41, 5.74) is 1.62. The van der Waals surface area contributed by atoms with Crippen molar-refractivity contribution in [1.82, 2.24) is 9.78 Å². The molecule has 1 aromatic heterocycles. The smallest absolute Gasteiger partial charge is 0.418 e. The van der Waals surface area contributed by atoms with Crippen LogP contribution in [0.1, 0.15) is 36.1 Å². The molecule has 0 spiro atoms. The maximum Gasteiger partial charge on any atom is 0.418 e. The van der Waals surface area contributed by atoms with Crippen molar-refractivity contribution >= 4 is 22.5 Å². The van der Waals surface area contributed by atoms with Gasteiger partial charge in [-0.15, -0.1) is 0 Å². The van der Waals surface area contributed by atoms with E-state index in [-0.39, 0.29) is 22.6 Å². The van der Waals surface area contributed by atoms with Gasteiger partial charge in [0.1, 0.15) is 22.7 Å². The maximum atomic E-state index is 14.7. The van der Waals surface area contributed by atoms with Gasteiger partial charge in [-0.05, 0) is 56.7 Å². The zero-order valence-electron chi connectivity index (χ0n) is 21.5. The van der Waals surface area contributed by atoms with Gasteiger partial charge in [0.15, 0.2) is 0 Å². The predicted molar refractivity (Wildman–Crippen MR) is 146 cm³/mol. The fraction of sp³-hybridized carbons (Fsp3) is 0.194. The van der Waals surface area contributed by atoms with Crippen molar-refractivity contribution in [1.29, 1.82) is 0 Å². The fourth-order valence-electron chi connectivity index (χ4n) is 4.63. The SMILES string of the molecule is Cc1ccc(C(C)(C)Oc2cccc(-c3c4cccc(C(F)(F)F)c4nn3Cc3ccc(Cl)cc3F)c2)cc1. The van der Waals surface area contributed by atoms with Crippen molar-refractivity contribution in [2.24, 2.45) is 0 Å². The molecular formula is C31H25ClF4N2O. The zero-order chi connectivity index (χ0) is 27.9. The van der Waals surface area contributed by atoms with E-state index in [1.807, 2.05) is 45.0 Å². The van der Waals surface area contributed by atoms with Crippen LogP contribution in [-0.4, -0.2) is 9.78 Å². The molecule has 0 unspecified atom stereocenters. The number of nitrogens with zero attached hydrogens (tertiary/aromatic N) is 2. The molecule has 0 atom stereocenters. The van der Waals surface area contributed by atoms with Crippen LogP contribution in [0.5, 0.6) is 5.75 Å². The number of hydrogen-bond donors (Lipinski definition) is 0. The van der Waals surface area contributed by atoms with E-state index in [0.29, 0.717) is 22.4 Å². The lowest BCUT2D eigenvalue weighted by atomic mass is 9.97. The summed E-state index contributed by atoms with van der Waals surface area (Å²) in [5, 5.41) is 4.86. The number of hydrogen-bond acceptors (Lipinski definition) is 2. The van der Waals surface area contributed by atoms with Gasteiger partial charge in [-0.2, -0.15) is 18.3 Å². The normalized spacial score (nSPS) is 12.2. The largest absolute Gasteiger partial charge is 0.483 e. The maximum absolute atomic E-state index is 14.7. The van der Waals surface area contributed by atoms with E-state index in [1.54, 1.807) is 30.3 Å². The minimum absolute atomic E-state index is 0.0930. The Bertz CT molecular complexity index is 1660. The molecule has 0 N–H and O–H groups in total. The number of benzene rings is 4. The lowest BCUT2D eigenvalue weighted by Crippen LogP contribution is -2.25. The number of alkyl halides is 3. The van der Waals surface area contributed by atoms with E-state index in [2.05, 4.69) is 5.10 Å². The zero-order valence-corrected chi connectivity index (χ0v) is 22.2. The summed E-state index contributed by atoms with van der Waals surface area (Å²) in [7, 11) is 0. The second-order valence-electron chi connectivity index (χ2n) is 9.95. The van der Waals surface area contributed by atoms with Crippen LogP contribution in [-0.2, 0) is 18.3 Å². The van der Waals surface area contributed by atoms with Gasteiger partial charge in [0, 0.05) is 21.5 Å². The van der Waals surface area contributed by atoms with Gasteiger partial charge in [-0.25, -0.2) is 4.39 Å². The second-order valence-corrected chi connectivity index (χ2v) is 10.4. The lowest BCUT2D eigenvalue weighted by Gasteiger charge is -2.27. The van der Waals surface area contributed by atoms with Gasteiger partial charge < -0.3 is 4.74 Å². The Hall–Kier alpha value is -3.84. The summed E-state index contributed by atoms with van der Waals surface area (Å²) in [6.07, 6.45) is -4.61. The number of fused-ring (bicyclic) bond motifs is 1. The molecule has 0 aliphatic heterocycles. The molecule has 8 heteroatoms. The molecule has 0 aliphatic rings. The molecule has 0 saturated heterocycles. The highest BCUT2D eigenvalue weighted by Gasteiger charge is 2.34. The molecule has 0 radical (unpaired) electrons. The van der Waals surface area contributed by atoms with Crippen molar-refractivity contribution in [3.05, 3.63) is 118 Å². The Morgan fingerprint density at radius 3 is 2.31 bits per heavy atom. The van der Waals surface area contributed by atoms with Gasteiger partial charge in [0.05, 0.1) is 17.8 Å². The van der Waals surface area contributed by atoms with E-state index in [9.17, 15) is 17.6 Å². The van der Waals surface area contributed by atoms with Crippen LogP contribution in [0, 0.1) is 12.7 Å². The summed E-state index contributed by atoms with van der Waals surface area (Å²) in [6.45, 7) is 5.81. The fourth-order valence-corrected chi connectivity index (χ4v) is 4.79. The van der Waals surface area contributed by atoms with Crippen LogP contribution in [0.25, 0.3) is 22.2 Å². The van der Waals surface area contributed by atoms with Crippen LogP contribution >= 0.6 is 11.6 Å². The third-order valence-electron chi connectivity index (χ3n) is 6.64. The summed E-state index contributed by atoms with van der Waals surface area (Å²) in [5.74, 6) is -0.0374. The van der Waals surface area contributed by atoms with Gasteiger partial charge >= 0.3 is 6.18 Å². The highest BCUT2D eigenvalue weighted by atomic mass is 35.5. The molecular weight excluding hydrogens is 528 g/mol. The minimum atomic E-state index is -4.61. The van der Waals surface area contributed by atoms with Gasteiger partial charge in [-0.1, -0.05) is 71.8 Å². The predicted octanol–water partition coefficient (Wildman–Crippen LogP) is 9.19. The number of halogens is 5. The van der Waals surface area contributed by atoms with Crippen LogP contribution < -0.4 is 4.74 Å². The molecule has 0 aliphatic carbocycles. The summed E-state index contributed by atoms with van der Waals surface area (Å²) in [4.78, 5) is 0. The first-order valence-electron chi connectivity index (χ1n) is 12.3. The molecule has 1 heterocycles. The van der Waals surface area contributed by atoms with E-state index in [1.165, 1.54) is 28.9 Å². The van der Waals surface area contributed by atoms with Crippen molar-refractivity contribution in [2.45, 2.75) is 39.1 Å². The monoisotopic (exact) mass is 552 g/mol. The van der Waals surface area contributed by atoms with Crippen molar-refractivity contribution in [3.63, 3.8) is 0 Å². The van der Waals surface area contributed by atoms with Crippen LogP contribution in [0.2, 0.25) is 5.02 Å². The molecule has 200 valence electrons. The topological polar surface area (TPSA) is 27.1 Å². The molecule has 0 amide bonds. The number of aryl methyl sites for hydroxylation is 1. The molecule has 4 aromatic carbocycles. The van der Waals surface area contributed by atoms with Crippen LogP contribution in [0.15, 0.2) is 84.9 Å². The number of aromatic nitrogens is 2. The first-order chi connectivity index (χ1) is 18.4. The Balaban J connectivity index is 1.63. The molecule has 39 heavy (non-hydrogen) atoms. The van der Waals surface area contributed by atoms with Gasteiger partial charge in [0.25, 0.3) is 0 Å². The highest BCUT2D eigenvalue weighted by molar-refractivity contribution is 6.30. The van der Waals surface area contributed by atoms with Crippen molar-refractivity contribution in [2.75, 3.05) is 0 Å². The van der Waals surface area contributed by atoms with Crippen LogP contribution in [0.3, 0.4) is 0 Å². The first-order valence-corrected chi connectivity index (χ1v) is 12.7. The third-order valence-corrected chi connectivity index (χ3v) is 6.87. The Kier molecular flexibility index (Phi) is 6.89. The lowest BCUT2D eigenvalue weighted by molar-refractivity contribution is -0.136. The standard InChI is InChI=1S/C31H25ClF4N2O/c1-19-10-13-22(14-11-19)30(2,3)39-24-7-4-6-20(16-24)29-25-8-5-9-26(31(34,35)36)28(25)37-38(29)18-21-12-15-23(32)17-27(21)33/h4-17H,18H2,1-3H3. The molecule has 0 bridgehead atoms. The molecule has 0 fully saturated rings. The average molecular weight is 553 g/mol. The summed E-state index contributed by atoms with van der Waals surface area (Å²) >= 11 is 5.90. The molecule has 5 aromatic rings. The minimum Gasteiger partial charge on any atom is -0.483 e. The molecule has 0 saturated carbocycles. The summed E-state index contributed by atoms with van der Waals surface area (Å²) < 4.78 is 64.1. The third kappa shape index (κ3) is 5.50. The number of ether oxygens (including phenoxy) is 1. The first kappa shape index (κ1) is 26.8. The Morgan fingerprint density at radius 1 is 0.897 bits per heavy atom. The van der Waals surface area contributed by atoms with E-state index in [0.717, 1.165) is 17.2 Å². The van der Waals surface area contributed by atoms with Crippen molar-refractivity contribution in [3.8, 4) is 17.0 Å². The highest BCUT2D eigenvalue weighted by Crippen LogP contribution is 2.39. The molecule has 5 rings (SSSR count).